The van der Waals surface area contributed by atoms with E-state index >= 15 is 0 Å². The second-order valence-corrected chi connectivity index (χ2v) is 8.06. The quantitative estimate of drug-likeness (QED) is 0.678. The number of rotatable bonds is 6. The van der Waals surface area contributed by atoms with Crippen molar-refractivity contribution in [2.24, 2.45) is 0 Å². The fraction of sp³-hybridized carbons (Fsp3) is 0.278. The van der Waals surface area contributed by atoms with Crippen LogP contribution in [-0.4, -0.2) is 32.8 Å². The molecule has 0 saturated carbocycles. The van der Waals surface area contributed by atoms with Gasteiger partial charge in [0.05, 0.1) is 22.6 Å². The fourth-order valence-corrected chi connectivity index (χ4v) is 3.40. The van der Waals surface area contributed by atoms with E-state index in [1.807, 2.05) is 4.72 Å². The monoisotopic (exact) mass is 454 g/mol. The summed E-state index contributed by atoms with van der Waals surface area (Å²) in [5.41, 5.74) is -1.63. The Balaban J connectivity index is 2.00. The predicted octanol–water partition coefficient (Wildman–Crippen LogP) is 3.66. The van der Waals surface area contributed by atoms with Crippen molar-refractivity contribution in [1.29, 1.82) is 0 Å². The summed E-state index contributed by atoms with van der Waals surface area (Å²) in [7, 11) is -3.08. The zero-order valence-corrected chi connectivity index (χ0v) is 16.2. The van der Waals surface area contributed by atoms with Crippen LogP contribution in [0.3, 0.4) is 0 Å². The van der Waals surface area contributed by atoms with Gasteiger partial charge in [-0.1, -0.05) is 18.2 Å². The number of nitrogens with one attached hydrogen (secondary N) is 1. The average molecular weight is 454 g/mol. The summed E-state index contributed by atoms with van der Waals surface area (Å²) in [6, 6.07) is 7.09. The lowest BCUT2D eigenvalue weighted by Gasteiger charge is -2.18. The third-order valence-electron chi connectivity index (χ3n) is 4.01. The van der Waals surface area contributed by atoms with Crippen LogP contribution in [0.15, 0.2) is 53.4 Å². The van der Waals surface area contributed by atoms with Crippen molar-refractivity contribution in [1.82, 2.24) is 9.62 Å². The lowest BCUT2D eigenvalue weighted by Crippen LogP contribution is -2.37. The normalized spacial score (nSPS) is 12.6. The maximum atomic E-state index is 12.7. The van der Waals surface area contributed by atoms with E-state index in [9.17, 15) is 39.6 Å². The minimum absolute atomic E-state index is 0.0950. The molecule has 0 aliphatic rings. The molecule has 0 aromatic heterocycles. The van der Waals surface area contributed by atoms with Crippen molar-refractivity contribution >= 4 is 15.9 Å². The molecule has 0 spiro atoms. The van der Waals surface area contributed by atoms with E-state index in [2.05, 4.69) is 0 Å². The first-order valence-corrected chi connectivity index (χ1v) is 9.75. The summed E-state index contributed by atoms with van der Waals surface area (Å²) in [4.78, 5) is 12.5. The molecule has 0 fully saturated rings. The molecule has 1 N–H and O–H groups in total. The highest BCUT2D eigenvalue weighted by Crippen LogP contribution is 2.30. The van der Waals surface area contributed by atoms with Crippen molar-refractivity contribution in [3.63, 3.8) is 0 Å². The smallest absolute Gasteiger partial charge is 0.340 e. The summed E-state index contributed by atoms with van der Waals surface area (Å²) in [6.45, 7) is -0.835. The van der Waals surface area contributed by atoms with Gasteiger partial charge in [-0.05, 0) is 35.9 Å². The first-order valence-electron chi connectivity index (χ1n) is 8.27. The maximum absolute atomic E-state index is 12.7. The summed E-state index contributed by atoms with van der Waals surface area (Å²) in [6.07, 6.45) is -9.23. The van der Waals surface area contributed by atoms with Crippen LogP contribution in [0.25, 0.3) is 0 Å². The topological polar surface area (TPSA) is 66.5 Å². The summed E-state index contributed by atoms with van der Waals surface area (Å²) < 4.78 is 102. The fourth-order valence-electron chi connectivity index (χ4n) is 2.38. The van der Waals surface area contributed by atoms with Crippen molar-refractivity contribution in [2.75, 3.05) is 13.6 Å². The second kappa shape index (κ2) is 8.64. The molecule has 0 saturated heterocycles. The largest absolute Gasteiger partial charge is 0.416 e. The van der Waals surface area contributed by atoms with Gasteiger partial charge >= 0.3 is 12.4 Å². The molecule has 30 heavy (non-hydrogen) atoms. The van der Waals surface area contributed by atoms with E-state index in [0.717, 1.165) is 29.2 Å². The minimum Gasteiger partial charge on any atom is -0.340 e. The number of alkyl halides is 6. The zero-order chi connectivity index (χ0) is 22.7. The summed E-state index contributed by atoms with van der Waals surface area (Å²) in [5, 5.41) is 0. The predicted molar refractivity (Wildman–Crippen MR) is 94.6 cm³/mol. The van der Waals surface area contributed by atoms with E-state index in [4.69, 9.17) is 0 Å². The number of hydrogen-bond acceptors (Lipinski definition) is 3. The van der Waals surface area contributed by atoms with Crippen LogP contribution in [0, 0.1) is 0 Å². The van der Waals surface area contributed by atoms with Gasteiger partial charge in [-0.3, -0.25) is 4.79 Å². The number of likely N-dealkylation sites (N-methyl/N-ethyl adjacent to an activating group) is 1. The lowest BCUT2D eigenvalue weighted by molar-refractivity contribution is -0.138. The molecule has 0 radical (unpaired) electrons. The highest BCUT2D eigenvalue weighted by molar-refractivity contribution is 7.89. The van der Waals surface area contributed by atoms with Crippen molar-refractivity contribution in [3.05, 3.63) is 65.2 Å². The SMILES string of the molecule is CN(Cc1ccc(C(F)(F)F)cc1)C(=O)CNS(=O)(=O)c1cccc(C(F)(F)F)c1. The van der Waals surface area contributed by atoms with Gasteiger partial charge in [-0.25, -0.2) is 13.1 Å². The minimum atomic E-state index is -4.73. The molecule has 0 atom stereocenters. The number of benzene rings is 2. The van der Waals surface area contributed by atoms with E-state index < -0.39 is 50.9 Å². The molecule has 2 aromatic carbocycles. The van der Waals surface area contributed by atoms with E-state index in [1.165, 1.54) is 19.2 Å². The Hall–Kier alpha value is -2.60. The maximum Gasteiger partial charge on any atom is 0.416 e. The highest BCUT2D eigenvalue weighted by Gasteiger charge is 2.32. The van der Waals surface area contributed by atoms with E-state index in [1.54, 1.807) is 0 Å². The molecule has 0 aliphatic carbocycles. The zero-order valence-electron chi connectivity index (χ0n) is 15.4. The number of amides is 1. The summed E-state index contributed by atoms with van der Waals surface area (Å²) in [5.74, 6) is -0.731. The number of carbonyl (C=O) groups excluding carboxylic acids is 1. The first kappa shape index (κ1) is 23.7. The number of sulfonamides is 1. The number of nitrogens with zero attached hydrogens (tertiary/aromatic N) is 1. The average Bonchev–Trinajstić information content (AvgIpc) is 2.65. The van der Waals surface area contributed by atoms with Gasteiger partial charge in [0.2, 0.25) is 15.9 Å². The number of carbonyl (C=O) groups is 1. The lowest BCUT2D eigenvalue weighted by atomic mass is 10.1. The summed E-state index contributed by atoms with van der Waals surface area (Å²) >= 11 is 0. The number of hydrogen-bond donors (Lipinski definition) is 1. The molecule has 12 heteroatoms. The Bertz CT molecular complexity index is 1000. The molecular weight excluding hydrogens is 438 g/mol. The van der Waals surface area contributed by atoms with Gasteiger partial charge < -0.3 is 4.90 Å². The van der Waals surface area contributed by atoms with Gasteiger partial charge in [-0.15, -0.1) is 0 Å². The van der Waals surface area contributed by atoms with Crippen LogP contribution in [-0.2, 0) is 33.7 Å². The Morgan fingerprint density at radius 2 is 1.50 bits per heavy atom. The first-order chi connectivity index (χ1) is 13.7. The van der Waals surface area contributed by atoms with Gasteiger partial charge in [0.15, 0.2) is 0 Å². The van der Waals surface area contributed by atoms with Gasteiger partial charge in [0.25, 0.3) is 0 Å². The van der Waals surface area contributed by atoms with E-state index in [0.29, 0.717) is 17.7 Å². The van der Waals surface area contributed by atoms with Crippen molar-refractivity contribution in [2.45, 2.75) is 23.8 Å². The Morgan fingerprint density at radius 3 is 2.03 bits per heavy atom. The molecule has 0 aliphatic heterocycles. The molecule has 5 nitrogen and oxygen atoms in total. The molecule has 2 aromatic rings. The molecule has 0 heterocycles. The van der Waals surface area contributed by atoms with Crippen LogP contribution < -0.4 is 4.72 Å². The van der Waals surface area contributed by atoms with Crippen LogP contribution in [0.4, 0.5) is 26.3 Å². The Morgan fingerprint density at radius 1 is 0.933 bits per heavy atom. The van der Waals surface area contributed by atoms with E-state index in [-0.39, 0.29) is 6.54 Å². The van der Waals surface area contributed by atoms with Crippen LogP contribution in [0.1, 0.15) is 16.7 Å². The highest BCUT2D eigenvalue weighted by atomic mass is 32.2. The van der Waals surface area contributed by atoms with Gasteiger partial charge in [0.1, 0.15) is 0 Å². The molecular formula is C18H16F6N2O3S. The van der Waals surface area contributed by atoms with Gasteiger partial charge in [0, 0.05) is 13.6 Å². The van der Waals surface area contributed by atoms with Crippen molar-refractivity contribution < 1.29 is 39.6 Å². The van der Waals surface area contributed by atoms with Crippen molar-refractivity contribution in [3.8, 4) is 0 Å². The molecule has 1 amide bonds. The number of halogens is 6. The second-order valence-electron chi connectivity index (χ2n) is 6.29. The Kier molecular flexibility index (Phi) is 6.82. The van der Waals surface area contributed by atoms with Crippen LogP contribution in [0.2, 0.25) is 0 Å². The van der Waals surface area contributed by atoms with Gasteiger partial charge in [-0.2, -0.15) is 26.3 Å². The molecule has 2 rings (SSSR count). The third-order valence-corrected chi connectivity index (χ3v) is 5.41. The third kappa shape index (κ3) is 6.20. The molecule has 0 bridgehead atoms. The molecule has 0 unspecified atom stereocenters. The molecule has 164 valence electrons. The van der Waals surface area contributed by atoms with Crippen LogP contribution >= 0.6 is 0 Å². The van der Waals surface area contributed by atoms with Crippen LogP contribution in [0.5, 0.6) is 0 Å². The standard InChI is InChI=1S/C18H16F6N2O3S/c1-26(11-12-5-7-13(8-6-12)17(19,20)21)16(27)10-25-30(28,29)15-4-2-3-14(9-15)18(22,23)24/h2-9,25H,10-11H2,1H3. The Labute approximate surface area is 168 Å².